The average Bonchev–Trinajstić information content (AvgIpc) is 3.07. The first kappa shape index (κ1) is 14.8. The Morgan fingerprint density at radius 1 is 1.13 bits per heavy atom. The van der Waals surface area contributed by atoms with Gasteiger partial charge in [0.05, 0.1) is 5.88 Å². The molecule has 0 radical (unpaired) electrons. The molecule has 0 bridgehead atoms. The first-order valence-electron chi connectivity index (χ1n) is 8.35. The fraction of sp³-hybridized carbons (Fsp3) is 0.444. The minimum atomic E-state index is -0.131. The second kappa shape index (κ2) is 6.04. The highest BCUT2D eigenvalue weighted by molar-refractivity contribution is 7.99. The summed E-state index contributed by atoms with van der Waals surface area (Å²) in [7, 11) is 0. The molecule has 23 heavy (non-hydrogen) atoms. The Kier molecular flexibility index (Phi) is 3.89. The summed E-state index contributed by atoms with van der Waals surface area (Å²) in [5.41, 5.74) is 0.968. The van der Waals surface area contributed by atoms with Crippen LogP contribution in [0.4, 0.5) is 0 Å². The number of fused-ring (bicyclic) bond motifs is 1. The van der Waals surface area contributed by atoms with E-state index in [2.05, 4.69) is 0 Å². The molecule has 0 spiro atoms. The van der Waals surface area contributed by atoms with Crippen LogP contribution in [0.2, 0.25) is 0 Å². The largest absolute Gasteiger partial charge is 0.842 e. The van der Waals surface area contributed by atoms with Crippen molar-refractivity contribution in [3.05, 3.63) is 40.7 Å². The lowest BCUT2D eigenvalue weighted by Crippen LogP contribution is -2.45. The second-order valence-corrected chi connectivity index (χ2v) is 7.36. The highest BCUT2D eigenvalue weighted by atomic mass is 32.2. The fourth-order valence-corrected chi connectivity index (χ4v) is 4.89. The Balaban J connectivity index is 1.96. The van der Waals surface area contributed by atoms with Crippen molar-refractivity contribution in [1.29, 1.82) is 0 Å². The third kappa shape index (κ3) is 2.47. The van der Waals surface area contributed by atoms with Crippen LogP contribution in [-0.2, 0) is 6.54 Å². The first-order chi connectivity index (χ1) is 11.3. The highest BCUT2D eigenvalue weighted by Gasteiger charge is 2.34. The van der Waals surface area contributed by atoms with Crippen LogP contribution in [-0.4, -0.2) is 10.3 Å². The summed E-state index contributed by atoms with van der Waals surface area (Å²) in [5, 5.41) is 13.7. The van der Waals surface area contributed by atoms with Gasteiger partial charge in [-0.2, -0.15) is 4.57 Å². The molecule has 0 N–H and O–H groups in total. The van der Waals surface area contributed by atoms with E-state index in [1.54, 1.807) is 11.8 Å². The molecule has 1 aromatic carbocycles. The average molecular weight is 328 g/mol. The van der Waals surface area contributed by atoms with E-state index in [1.807, 2.05) is 39.5 Å². The van der Waals surface area contributed by atoms with Gasteiger partial charge in [0, 0.05) is 5.75 Å². The van der Waals surface area contributed by atoms with Gasteiger partial charge in [0.25, 0.3) is 0 Å². The molecule has 1 fully saturated rings. The Labute approximate surface area is 139 Å². The number of rotatable bonds is 2. The normalized spacial score (nSPS) is 18.1. The zero-order chi connectivity index (χ0) is 15.8. The third-order valence-corrected chi connectivity index (χ3v) is 5.94. The van der Waals surface area contributed by atoms with Gasteiger partial charge < -0.3 is 5.11 Å². The van der Waals surface area contributed by atoms with Crippen LogP contribution in [0.5, 0.6) is 5.88 Å². The molecule has 2 heterocycles. The molecule has 1 aliphatic heterocycles. The molecular weight excluding hydrogens is 308 g/mol. The van der Waals surface area contributed by atoms with E-state index in [-0.39, 0.29) is 17.5 Å². The van der Waals surface area contributed by atoms with Crippen molar-refractivity contribution >= 4 is 11.8 Å². The quantitative estimate of drug-likeness (QED) is 0.629. The topological polar surface area (TPSA) is 48.9 Å². The van der Waals surface area contributed by atoms with Gasteiger partial charge in [0.15, 0.2) is 0 Å². The van der Waals surface area contributed by atoms with Gasteiger partial charge in [-0.15, -0.1) is 0 Å². The molecule has 5 heteroatoms. The van der Waals surface area contributed by atoms with Crippen molar-refractivity contribution in [2.24, 2.45) is 0 Å². The minimum absolute atomic E-state index is 0.103. The molecule has 120 valence electrons. The highest BCUT2D eigenvalue weighted by Crippen LogP contribution is 2.33. The summed E-state index contributed by atoms with van der Waals surface area (Å²) >= 11 is 1.65. The summed E-state index contributed by atoms with van der Waals surface area (Å²) < 4.78 is 3.74. The van der Waals surface area contributed by atoms with E-state index in [9.17, 15) is 9.90 Å². The molecule has 2 aromatic rings. The Morgan fingerprint density at radius 3 is 2.61 bits per heavy atom. The van der Waals surface area contributed by atoms with E-state index >= 15 is 0 Å². The summed E-state index contributed by atoms with van der Waals surface area (Å²) in [6.45, 7) is 0.700. The van der Waals surface area contributed by atoms with E-state index in [0.29, 0.717) is 12.1 Å². The minimum Gasteiger partial charge on any atom is -0.842 e. The first-order valence-corrected chi connectivity index (χ1v) is 9.33. The van der Waals surface area contributed by atoms with E-state index in [4.69, 9.17) is 0 Å². The Hall–Kier alpha value is -1.75. The van der Waals surface area contributed by atoms with Crippen molar-refractivity contribution in [3.8, 4) is 17.0 Å². The van der Waals surface area contributed by atoms with Gasteiger partial charge >= 0.3 is 10.7 Å². The number of nitrogens with zero attached hydrogens (tertiary/aromatic N) is 2. The SMILES string of the molecule is O=c1c(-c2ccccc2)c([O-])[n+]2c(n1C1CCCCC1)SCC2. The van der Waals surface area contributed by atoms with E-state index in [1.165, 1.54) is 19.3 Å². The number of benzene rings is 1. The molecule has 1 aromatic heterocycles. The second-order valence-electron chi connectivity index (χ2n) is 6.30. The zero-order valence-electron chi connectivity index (χ0n) is 13.0. The summed E-state index contributed by atoms with van der Waals surface area (Å²) in [6, 6.07) is 9.63. The summed E-state index contributed by atoms with van der Waals surface area (Å²) in [4.78, 5) is 13.2. The van der Waals surface area contributed by atoms with Gasteiger partial charge in [-0.25, -0.2) is 9.36 Å². The smallest absolute Gasteiger partial charge is 0.345 e. The van der Waals surface area contributed by atoms with Crippen LogP contribution >= 0.6 is 11.8 Å². The van der Waals surface area contributed by atoms with Crippen molar-refractivity contribution < 1.29 is 9.67 Å². The fourth-order valence-electron chi connectivity index (χ4n) is 3.74. The number of aromatic nitrogens is 2. The van der Waals surface area contributed by atoms with Crippen LogP contribution in [0, 0.1) is 0 Å². The molecule has 4 rings (SSSR count). The van der Waals surface area contributed by atoms with Gasteiger partial charge in [-0.3, -0.25) is 0 Å². The van der Waals surface area contributed by atoms with Crippen LogP contribution < -0.4 is 15.2 Å². The molecular formula is C18H20N2O2S. The maximum Gasteiger partial charge on any atom is 0.345 e. The number of hydrogen-bond acceptors (Lipinski definition) is 3. The molecule has 0 unspecified atom stereocenters. The third-order valence-electron chi connectivity index (χ3n) is 4.88. The van der Waals surface area contributed by atoms with Crippen LogP contribution in [0.3, 0.4) is 0 Å². The maximum absolute atomic E-state index is 13.2. The monoisotopic (exact) mass is 328 g/mol. The lowest BCUT2D eigenvalue weighted by atomic mass is 9.95. The summed E-state index contributed by atoms with van der Waals surface area (Å²) in [5.74, 6) is 0.743. The predicted octanol–water partition coefficient (Wildman–Crippen LogP) is 2.49. The molecule has 0 atom stereocenters. The molecule has 2 aliphatic rings. The standard InChI is InChI=1S/C18H20N2O2S/c21-16-15(13-7-3-1-4-8-13)17(22)20(14-9-5-2-6-10-14)18-19(16)11-12-23-18/h1,3-4,7-8,14H,2,5-6,9-12H2. The van der Waals surface area contributed by atoms with Crippen molar-refractivity contribution in [1.82, 2.24) is 4.57 Å². The van der Waals surface area contributed by atoms with Crippen molar-refractivity contribution in [2.75, 3.05) is 5.75 Å². The summed E-state index contributed by atoms with van der Waals surface area (Å²) in [6.07, 6.45) is 5.67. The lowest BCUT2D eigenvalue weighted by Gasteiger charge is -2.23. The van der Waals surface area contributed by atoms with Crippen LogP contribution in [0.25, 0.3) is 11.1 Å². The molecule has 1 saturated carbocycles. The van der Waals surface area contributed by atoms with Crippen molar-refractivity contribution in [3.63, 3.8) is 0 Å². The maximum atomic E-state index is 13.2. The van der Waals surface area contributed by atoms with Crippen LogP contribution in [0.15, 0.2) is 40.3 Å². The molecule has 0 saturated heterocycles. The van der Waals surface area contributed by atoms with Gasteiger partial charge in [-0.05, 0) is 43.0 Å². The molecule has 1 aliphatic carbocycles. The zero-order valence-corrected chi connectivity index (χ0v) is 13.8. The molecule has 0 amide bonds. The predicted molar refractivity (Wildman–Crippen MR) is 88.6 cm³/mol. The number of thioether (sulfide) groups is 1. The lowest BCUT2D eigenvalue weighted by molar-refractivity contribution is -0.764. The Morgan fingerprint density at radius 2 is 1.87 bits per heavy atom. The van der Waals surface area contributed by atoms with E-state index < -0.39 is 0 Å². The Bertz CT molecular complexity index is 780. The van der Waals surface area contributed by atoms with Gasteiger partial charge in [0.1, 0.15) is 18.2 Å². The van der Waals surface area contributed by atoms with Crippen LogP contribution in [0.1, 0.15) is 38.1 Å². The van der Waals surface area contributed by atoms with Gasteiger partial charge in [0.2, 0.25) is 0 Å². The number of hydrogen-bond donors (Lipinski definition) is 0. The van der Waals surface area contributed by atoms with E-state index in [0.717, 1.165) is 29.3 Å². The van der Waals surface area contributed by atoms with Crippen molar-refractivity contribution in [2.45, 2.75) is 49.8 Å². The molecule has 4 nitrogen and oxygen atoms in total. The van der Waals surface area contributed by atoms with Gasteiger partial charge in [-0.1, -0.05) is 36.8 Å².